The number of rotatable bonds is 6. The Bertz CT molecular complexity index is 971. The van der Waals surface area contributed by atoms with Gasteiger partial charge in [-0.15, -0.1) is 0 Å². The predicted octanol–water partition coefficient (Wildman–Crippen LogP) is 3.72. The van der Waals surface area contributed by atoms with Crippen LogP contribution in [0.25, 0.3) is 5.52 Å². The average Bonchev–Trinajstić information content (AvgIpc) is 3.28. The Kier molecular flexibility index (Phi) is 4.91. The van der Waals surface area contributed by atoms with Gasteiger partial charge in [-0.1, -0.05) is 56.8 Å². The van der Waals surface area contributed by atoms with E-state index in [0.717, 1.165) is 23.2 Å². The normalized spacial score (nSPS) is 27.3. The third kappa shape index (κ3) is 2.89. The summed E-state index contributed by atoms with van der Waals surface area (Å²) in [4.78, 5) is 4.08. The van der Waals surface area contributed by atoms with Crippen molar-refractivity contribution in [2.24, 2.45) is 5.92 Å². The van der Waals surface area contributed by atoms with Crippen molar-refractivity contribution in [3.63, 3.8) is 0 Å². The molecule has 4 rings (SSSR count). The van der Waals surface area contributed by atoms with Crippen LogP contribution in [0.1, 0.15) is 31.5 Å². The summed E-state index contributed by atoms with van der Waals surface area (Å²) >= 11 is 0. The maximum absolute atomic E-state index is 6.59. The molecule has 1 fully saturated rings. The first-order valence-corrected chi connectivity index (χ1v) is 9.66. The second kappa shape index (κ2) is 7.37. The number of anilines is 1. The Morgan fingerprint density at radius 1 is 1.29 bits per heavy atom. The average molecular weight is 378 g/mol. The molecule has 0 amide bonds. The van der Waals surface area contributed by atoms with Crippen molar-refractivity contribution in [3.8, 4) is 0 Å². The predicted molar refractivity (Wildman–Crippen MR) is 109 cm³/mol. The van der Waals surface area contributed by atoms with E-state index in [9.17, 15) is 0 Å². The highest BCUT2D eigenvalue weighted by molar-refractivity contribution is 5.66. The van der Waals surface area contributed by atoms with E-state index in [1.54, 1.807) is 4.52 Å². The fraction of sp³-hybridized carbons (Fsp3) is 0.364. The fourth-order valence-electron chi connectivity index (χ4n) is 4.22. The molecular weight excluding hydrogens is 352 g/mol. The van der Waals surface area contributed by atoms with Gasteiger partial charge < -0.3 is 15.2 Å². The number of aromatic nitrogens is 3. The van der Waals surface area contributed by atoms with Crippen LogP contribution < -0.4 is 5.73 Å². The monoisotopic (exact) mass is 378 g/mol. The molecule has 0 saturated carbocycles. The Morgan fingerprint density at radius 2 is 2.07 bits per heavy atom. The van der Waals surface area contributed by atoms with Crippen LogP contribution in [0.5, 0.6) is 0 Å². The van der Waals surface area contributed by atoms with Crippen LogP contribution in [0.15, 0.2) is 61.4 Å². The third-order valence-electron chi connectivity index (χ3n) is 5.69. The molecule has 1 unspecified atom stereocenters. The van der Waals surface area contributed by atoms with E-state index in [0.29, 0.717) is 12.4 Å². The summed E-state index contributed by atoms with van der Waals surface area (Å²) in [5, 5.41) is 4.41. The summed E-state index contributed by atoms with van der Waals surface area (Å²) in [6, 6.07) is 14.1. The molecule has 0 aliphatic carbocycles. The molecule has 2 N–H and O–H groups in total. The summed E-state index contributed by atoms with van der Waals surface area (Å²) in [5.41, 5.74) is 7.94. The largest absolute Gasteiger partial charge is 0.382 e. The van der Waals surface area contributed by atoms with E-state index in [4.69, 9.17) is 15.2 Å². The summed E-state index contributed by atoms with van der Waals surface area (Å²) in [7, 11) is 0. The van der Waals surface area contributed by atoms with Crippen LogP contribution in [-0.2, 0) is 21.7 Å². The lowest BCUT2D eigenvalue weighted by Crippen LogP contribution is -2.39. The maximum atomic E-state index is 6.59. The minimum absolute atomic E-state index is 0.0588. The number of nitrogens with two attached hydrogens (primary N) is 1. The molecule has 0 radical (unpaired) electrons. The number of fused-ring (bicyclic) bond motifs is 1. The smallest absolute Gasteiger partial charge is 0.155 e. The van der Waals surface area contributed by atoms with Gasteiger partial charge in [0.2, 0.25) is 0 Å². The number of hydrogen-bond acceptors (Lipinski definition) is 5. The van der Waals surface area contributed by atoms with Gasteiger partial charge in [0.25, 0.3) is 0 Å². The van der Waals surface area contributed by atoms with Crippen molar-refractivity contribution < 1.29 is 9.47 Å². The van der Waals surface area contributed by atoms with E-state index < -0.39 is 5.60 Å². The minimum atomic E-state index is -0.817. The van der Waals surface area contributed by atoms with Crippen molar-refractivity contribution >= 4 is 11.3 Å². The highest BCUT2D eigenvalue weighted by atomic mass is 16.6. The highest BCUT2D eigenvalue weighted by Crippen LogP contribution is 2.47. The van der Waals surface area contributed by atoms with Gasteiger partial charge in [-0.3, -0.25) is 0 Å². The molecule has 28 heavy (non-hydrogen) atoms. The molecule has 1 aromatic carbocycles. The van der Waals surface area contributed by atoms with Gasteiger partial charge >= 0.3 is 0 Å². The van der Waals surface area contributed by atoms with E-state index in [1.807, 2.05) is 36.4 Å². The first-order chi connectivity index (χ1) is 13.6. The Hall–Kier alpha value is -2.70. The Morgan fingerprint density at radius 3 is 2.79 bits per heavy atom. The molecule has 4 atom stereocenters. The van der Waals surface area contributed by atoms with E-state index in [1.165, 1.54) is 6.33 Å². The number of nitrogens with zero attached hydrogens (tertiary/aromatic N) is 3. The molecular formula is C22H26N4O2. The van der Waals surface area contributed by atoms with Gasteiger partial charge in [0.05, 0.1) is 18.4 Å². The third-order valence-corrected chi connectivity index (χ3v) is 5.69. The van der Waals surface area contributed by atoms with Crippen LogP contribution in [0, 0.1) is 5.92 Å². The van der Waals surface area contributed by atoms with Crippen LogP contribution >= 0.6 is 0 Å². The van der Waals surface area contributed by atoms with Crippen LogP contribution in [-0.4, -0.2) is 26.8 Å². The lowest BCUT2D eigenvalue weighted by molar-refractivity contribution is -0.0865. The van der Waals surface area contributed by atoms with Crippen molar-refractivity contribution in [1.29, 1.82) is 0 Å². The van der Waals surface area contributed by atoms with Gasteiger partial charge in [-0.2, -0.15) is 5.10 Å². The highest BCUT2D eigenvalue weighted by Gasteiger charge is 2.54. The zero-order chi connectivity index (χ0) is 19.7. The lowest BCUT2D eigenvalue weighted by Gasteiger charge is -2.32. The van der Waals surface area contributed by atoms with Gasteiger partial charge in [0.1, 0.15) is 17.9 Å². The molecule has 3 aromatic rings. The summed E-state index contributed by atoms with van der Waals surface area (Å²) < 4.78 is 14.8. The number of ether oxygens (including phenoxy) is 2. The summed E-state index contributed by atoms with van der Waals surface area (Å²) in [6.07, 6.45) is 4.04. The topological polar surface area (TPSA) is 74.7 Å². The first kappa shape index (κ1) is 18.7. The lowest BCUT2D eigenvalue weighted by atomic mass is 9.86. The van der Waals surface area contributed by atoms with Crippen LogP contribution in [0.3, 0.4) is 0 Å². The zero-order valence-corrected chi connectivity index (χ0v) is 16.3. The molecule has 1 aliphatic rings. The molecule has 1 aliphatic heterocycles. The summed E-state index contributed by atoms with van der Waals surface area (Å²) in [5.74, 6) is 0.622. The van der Waals surface area contributed by atoms with Crippen molar-refractivity contribution in [2.45, 2.75) is 44.7 Å². The minimum Gasteiger partial charge on any atom is -0.382 e. The Labute approximate surface area is 165 Å². The van der Waals surface area contributed by atoms with E-state index in [-0.39, 0.29) is 18.1 Å². The molecule has 3 heterocycles. The number of benzene rings is 1. The Balaban J connectivity index is 1.76. The molecule has 6 nitrogen and oxygen atoms in total. The van der Waals surface area contributed by atoms with Gasteiger partial charge in [-0.25, -0.2) is 9.50 Å². The van der Waals surface area contributed by atoms with E-state index in [2.05, 4.69) is 42.6 Å². The molecule has 2 aromatic heterocycles. The molecule has 1 saturated heterocycles. The zero-order valence-electron chi connectivity index (χ0n) is 16.3. The molecule has 0 spiro atoms. The number of hydrogen-bond donors (Lipinski definition) is 1. The molecule has 6 heteroatoms. The quantitative estimate of drug-likeness (QED) is 0.662. The molecule has 146 valence electrons. The summed E-state index contributed by atoms with van der Waals surface area (Å²) in [6.45, 7) is 8.93. The standard InChI is InChI=1S/C22H26N4O2/c1-4-18-15(3)20(27-13-16-9-7-6-8-10-16)22(5-2,28-18)19-12-11-17-21(23)24-14-25-26(17)19/h5-12,14-15,18,20H,2,4,13H2,1,3H3,(H2,23,24,25)/t15?,18-,20+,22+/m1/s1. The maximum Gasteiger partial charge on any atom is 0.155 e. The van der Waals surface area contributed by atoms with Crippen molar-refractivity contribution in [3.05, 3.63) is 72.7 Å². The van der Waals surface area contributed by atoms with Gasteiger partial charge in [0.15, 0.2) is 11.4 Å². The van der Waals surface area contributed by atoms with Gasteiger partial charge in [0, 0.05) is 5.92 Å². The fourth-order valence-corrected chi connectivity index (χ4v) is 4.22. The van der Waals surface area contributed by atoms with Crippen LogP contribution in [0.4, 0.5) is 5.82 Å². The second-order valence-corrected chi connectivity index (χ2v) is 7.30. The first-order valence-electron chi connectivity index (χ1n) is 9.66. The second-order valence-electron chi connectivity index (χ2n) is 7.30. The SMILES string of the molecule is C=C[C@@]1(c2ccc3c(N)ncnn23)O[C@H](CC)C(C)[C@@H]1OCc1ccccc1. The number of nitrogen functional groups attached to an aromatic ring is 1. The van der Waals surface area contributed by atoms with E-state index >= 15 is 0 Å². The van der Waals surface area contributed by atoms with Crippen molar-refractivity contribution in [1.82, 2.24) is 14.6 Å². The van der Waals surface area contributed by atoms with Gasteiger partial charge in [-0.05, 0) is 24.1 Å². The van der Waals surface area contributed by atoms with Crippen LogP contribution in [0.2, 0.25) is 0 Å². The molecule has 0 bridgehead atoms. The van der Waals surface area contributed by atoms with Crippen molar-refractivity contribution in [2.75, 3.05) is 5.73 Å².